The molecule has 0 saturated heterocycles. The third-order valence-electron chi connectivity index (χ3n) is 4.49. The lowest BCUT2D eigenvalue weighted by Crippen LogP contribution is -2.41. The molecule has 2 aromatic rings. The number of nitrogens with zero attached hydrogens (tertiary/aromatic N) is 1. The quantitative estimate of drug-likeness (QED) is 0.823. The molecule has 6 nitrogen and oxygen atoms in total. The van der Waals surface area contributed by atoms with Crippen LogP contribution < -0.4 is 15.0 Å². The van der Waals surface area contributed by atoms with Gasteiger partial charge in [0, 0.05) is 24.4 Å². The van der Waals surface area contributed by atoms with Gasteiger partial charge in [-0.05, 0) is 43.3 Å². The van der Waals surface area contributed by atoms with E-state index in [4.69, 9.17) is 4.74 Å². The molecule has 140 valence electrons. The van der Waals surface area contributed by atoms with E-state index in [0.29, 0.717) is 29.1 Å². The van der Waals surface area contributed by atoms with Gasteiger partial charge >= 0.3 is 0 Å². The van der Waals surface area contributed by atoms with Crippen molar-refractivity contribution >= 4 is 29.0 Å². The summed E-state index contributed by atoms with van der Waals surface area (Å²) in [5, 5.41) is 2.83. The minimum atomic E-state index is -0.283. The van der Waals surface area contributed by atoms with Crippen molar-refractivity contribution in [2.75, 3.05) is 16.8 Å². The Morgan fingerprint density at radius 3 is 2.56 bits per heavy atom. The minimum Gasteiger partial charge on any atom is -0.484 e. The lowest BCUT2D eigenvalue weighted by molar-refractivity contribution is -0.121. The van der Waals surface area contributed by atoms with Gasteiger partial charge in [0.05, 0.1) is 11.4 Å². The first kappa shape index (κ1) is 18.6. The number of anilines is 2. The van der Waals surface area contributed by atoms with Gasteiger partial charge in [0.15, 0.2) is 12.4 Å². The summed E-state index contributed by atoms with van der Waals surface area (Å²) >= 11 is 0. The van der Waals surface area contributed by atoms with Crippen molar-refractivity contribution in [2.24, 2.45) is 0 Å². The average Bonchev–Trinajstić information content (AvgIpc) is 2.80. The number of benzene rings is 2. The summed E-state index contributed by atoms with van der Waals surface area (Å²) in [7, 11) is 0. The highest BCUT2D eigenvalue weighted by molar-refractivity contribution is 6.04. The third-order valence-corrected chi connectivity index (χ3v) is 4.49. The number of ketones is 1. The molecular weight excluding hydrogens is 344 g/mol. The lowest BCUT2D eigenvalue weighted by Gasteiger charge is -2.27. The van der Waals surface area contributed by atoms with Gasteiger partial charge in [0.25, 0.3) is 5.91 Å². The SMILES string of the molecule is CCC(=O)c1ccc(OCC(=O)N2c3ccccc3NC(=O)C[C@H]2C)cc1. The monoisotopic (exact) mass is 366 g/mol. The zero-order chi connectivity index (χ0) is 19.4. The molecule has 6 heteroatoms. The molecule has 0 aromatic heterocycles. The molecule has 1 heterocycles. The molecule has 0 unspecified atom stereocenters. The number of ether oxygens (including phenoxy) is 1. The second-order valence-electron chi connectivity index (χ2n) is 6.47. The van der Waals surface area contributed by atoms with Gasteiger partial charge in [-0.1, -0.05) is 19.1 Å². The van der Waals surface area contributed by atoms with Crippen molar-refractivity contribution in [1.82, 2.24) is 0 Å². The van der Waals surface area contributed by atoms with E-state index >= 15 is 0 Å². The number of Topliss-reactive ketones (excluding diaryl/α,β-unsaturated/α-hetero) is 1. The molecule has 0 saturated carbocycles. The Bertz CT molecular complexity index is 861. The maximum absolute atomic E-state index is 12.8. The normalized spacial score (nSPS) is 16.1. The van der Waals surface area contributed by atoms with Crippen LogP contribution in [-0.4, -0.2) is 30.2 Å². The van der Waals surface area contributed by atoms with Gasteiger partial charge in [-0.2, -0.15) is 0 Å². The highest BCUT2D eigenvalue weighted by atomic mass is 16.5. The molecule has 1 atom stereocenters. The maximum Gasteiger partial charge on any atom is 0.265 e. The zero-order valence-corrected chi connectivity index (χ0v) is 15.4. The Morgan fingerprint density at radius 1 is 1.15 bits per heavy atom. The first-order valence-electron chi connectivity index (χ1n) is 8.96. The molecule has 1 aliphatic rings. The van der Waals surface area contributed by atoms with E-state index in [0.717, 1.165) is 0 Å². The summed E-state index contributed by atoms with van der Waals surface area (Å²) in [4.78, 5) is 38.1. The Labute approximate surface area is 158 Å². The summed E-state index contributed by atoms with van der Waals surface area (Å²) in [6.45, 7) is 3.49. The molecule has 1 aliphatic heterocycles. The molecular formula is C21H22N2O4. The van der Waals surface area contributed by atoms with Crippen LogP contribution in [0.1, 0.15) is 37.0 Å². The zero-order valence-electron chi connectivity index (χ0n) is 15.4. The Hall–Kier alpha value is -3.15. The number of amides is 2. The summed E-state index contributed by atoms with van der Waals surface area (Å²) in [5.74, 6) is 0.216. The van der Waals surface area contributed by atoms with Crippen LogP contribution >= 0.6 is 0 Å². The molecule has 2 aromatic carbocycles. The first-order valence-corrected chi connectivity index (χ1v) is 8.96. The molecule has 2 amide bonds. The van der Waals surface area contributed by atoms with E-state index in [2.05, 4.69) is 5.32 Å². The number of hydrogen-bond donors (Lipinski definition) is 1. The average molecular weight is 366 g/mol. The van der Waals surface area contributed by atoms with Crippen molar-refractivity contribution in [1.29, 1.82) is 0 Å². The highest BCUT2D eigenvalue weighted by Gasteiger charge is 2.29. The van der Waals surface area contributed by atoms with Crippen LogP contribution in [0.4, 0.5) is 11.4 Å². The predicted molar refractivity (Wildman–Crippen MR) is 103 cm³/mol. The van der Waals surface area contributed by atoms with Crippen LogP contribution in [0.15, 0.2) is 48.5 Å². The summed E-state index contributed by atoms with van der Waals surface area (Å²) in [6, 6.07) is 13.7. The standard InChI is InChI=1S/C21H22N2O4/c1-3-19(24)15-8-10-16(11-9-15)27-13-21(26)23-14(2)12-20(25)22-17-6-4-5-7-18(17)23/h4-11,14H,3,12-13H2,1-2H3,(H,22,25)/t14-/m1/s1. The highest BCUT2D eigenvalue weighted by Crippen LogP contribution is 2.31. The molecule has 0 bridgehead atoms. The molecule has 3 rings (SSSR count). The first-order chi connectivity index (χ1) is 13.0. The van der Waals surface area contributed by atoms with E-state index in [1.54, 1.807) is 41.3 Å². The second-order valence-corrected chi connectivity index (χ2v) is 6.47. The molecule has 0 fully saturated rings. The van der Waals surface area contributed by atoms with Crippen molar-refractivity contribution in [3.8, 4) is 5.75 Å². The number of para-hydroxylation sites is 2. The van der Waals surface area contributed by atoms with Gasteiger partial charge in [0.1, 0.15) is 5.75 Å². The largest absolute Gasteiger partial charge is 0.484 e. The van der Waals surface area contributed by atoms with E-state index in [1.807, 2.05) is 26.0 Å². The molecule has 0 radical (unpaired) electrons. The van der Waals surface area contributed by atoms with E-state index in [1.165, 1.54) is 0 Å². The minimum absolute atomic E-state index is 0.0600. The van der Waals surface area contributed by atoms with Gasteiger partial charge in [-0.25, -0.2) is 0 Å². The van der Waals surface area contributed by atoms with Crippen molar-refractivity contribution < 1.29 is 19.1 Å². The van der Waals surface area contributed by atoms with Crippen molar-refractivity contribution in [3.05, 3.63) is 54.1 Å². The Kier molecular flexibility index (Phi) is 5.54. The number of hydrogen-bond acceptors (Lipinski definition) is 4. The Balaban J connectivity index is 1.73. The smallest absolute Gasteiger partial charge is 0.265 e. The molecule has 1 N–H and O–H groups in total. The summed E-state index contributed by atoms with van der Waals surface area (Å²) in [5.41, 5.74) is 1.90. The molecule has 27 heavy (non-hydrogen) atoms. The lowest BCUT2D eigenvalue weighted by atomic mass is 10.1. The number of fused-ring (bicyclic) bond motifs is 1. The summed E-state index contributed by atoms with van der Waals surface area (Å²) < 4.78 is 5.61. The second kappa shape index (κ2) is 8.03. The van der Waals surface area contributed by atoms with Gasteiger partial charge in [0.2, 0.25) is 5.91 Å². The van der Waals surface area contributed by atoms with Crippen molar-refractivity contribution in [3.63, 3.8) is 0 Å². The predicted octanol–water partition coefficient (Wildman–Crippen LogP) is 3.42. The number of carbonyl (C=O) groups excluding carboxylic acids is 3. The number of nitrogens with one attached hydrogen (secondary N) is 1. The number of carbonyl (C=O) groups is 3. The van der Waals surface area contributed by atoms with Crippen LogP contribution in [0.2, 0.25) is 0 Å². The summed E-state index contributed by atoms with van der Waals surface area (Å²) in [6.07, 6.45) is 0.659. The van der Waals surface area contributed by atoms with Crippen molar-refractivity contribution in [2.45, 2.75) is 32.7 Å². The van der Waals surface area contributed by atoms with E-state index in [9.17, 15) is 14.4 Å². The van der Waals surface area contributed by atoms with Gasteiger partial charge in [-0.15, -0.1) is 0 Å². The topological polar surface area (TPSA) is 75.7 Å². The van der Waals surface area contributed by atoms with Crippen LogP contribution in [-0.2, 0) is 9.59 Å². The Morgan fingerprint density at radius 2 is 1.85 bits per heavy atom. The number of rotatable bonds is 5. The van der Waals surface area contributed by atoms with E-state index < -0.39 is 0 Å². The van der Waals surface area contributed by atoms with Gasteiger partial charge < -0.3 is 15.0 Å². The van der Waals surface area contributed by atoms with Crippen LogP contribution in [0, 0.1) is 0 Å². The fraction of sp³-hybridized carbons (Fsp3) is 0.286. The molecule has 0 aliphatic carbocycles. The van der Waals surface area contributed by atoms with Crippen LogP contribution in [0.25, 0.3) is 0 Å². The molecule has 0 spiro atoms. The third kappa shape index (κ3) is 4.16. The van der Waals surface area contributed by atoms with E-state index in [-0.39, 0.29) is 36.7 Å². The fourth-order valence-corrected chi connectivity index (χ4v) is 3.12. The fourth-order valence-electron chi connectivity index (χ4n) is 3.12. The maximum atomic E-state index is 12.8. The van der Waals surface area contributed by atoms with Gasteiger partial charge in [-0.3, -0.25) is 14.4 Å². The van der Waals surface area contributed by atoms with Crippen LogP contribution in [0.3, 0.4) is 0 Å². The van der Waals surface area contributed by atoms with Crippen LogP contribution in [0.5, 0.6) is 5.75 Å².